The third-order valence-corrected chi connectivity index (χ3v) is 2.52. The van der Waals surface area contributed by atoms with Crippen molar-refractivity contribution in [1.29, 1.82) is 0 Å². The molecule has 1 aromatic heterocycles. The molecule has 76 valence electrons. The molecule has 2 N–H and O–H groups in total. The fourth-order valence-corrected chi connectivity index (χ4v) is 1.74. The van der Waals surface area contributed by atoms with E-state index in [1.807, 2.05) is 0 Å². The normalized spacial score (nSPS) is 21.3. The van der Waals surface area contributed by atoms with Crippen molar-refractivity contribution in [3.63, 3.8) is 0 Å². The minimum absolute atomic E-state index is 0.192. The molecule has 1 unspecified atom stereocenters. The molecular formula is C9H12N2O3. The van der Waals surface area contributed by atoms with Crippen LogP contribution in [0.15, 0.2) is 10.8 Å². The van der Waals surface area contributed by atoms with Gasteiger partial charge in [0.25, 0.3) is 0 Å². The maximum atomic E-state index is 10.7. The molecule has 0 aromatic carbocycles. The standard InChI is InChI=1S/C9H12N2O3/c12-9(13)7-5-14-11-8(7)3-6-1-2-10-4-6/h5-6,10H,1-4H2,(H,12,13). The van der Waals surface area contributed by atoms with Gasteiger partial charge in [-0.15, -0.1) is 0 Å². The lowest BCUT2D eigenvalue weighted by Gasteiger charge is -2.04. The second-order valence-corrected chi connectivity index (χ2v) is 3.54. The Morgan fingerprint density at radius 3 is 3.29 bits per heavy atom. The van der Waals surface area contributed by atoms with E-state index in [9.17, 15) is 4.79 Å². The number of hydrogen-bond donors (Lipinski definition) is 2. The smallest absolute Gasteiger partial charge is 0.340 e. The fraction of sp³-hybridized carbons (Fsp3) is 0.556. The molecule has 1 fully saturated rings. The highest BCUT2D eigenvalue weighted by atomic mass is 16.5. The van der Waals surface area contributed by atoms with Gasteiger partial charge >= 0.3 is 5.97 Å². The Balaban J connectivity index is 2.07. The number of aromatic carboxylic acids is 1. The number of hydrogen-bond acceptors (Lipinski definition) is 4. The van der Waals surface area contributed by atoms with Crippen LogP contribution in [0.3, 0.4) is 0 Å². The average molecular weight is 196 g/mol. The van der Waals surface area contributed by atoms with Crippen LogP contribution in [0, 0.1) is 5.92 Å². The van der Waals surface area contributed by atoms with Crippen molar-refractivity contribution < 1.29 is 14.4 Å². The van der Waals surface area contributed by atoms with Crippen LogP contribution in [0.4, 0.5) is 0 Å². The molecule has 1 aliphatic rings. The molecule has 1 aromatic rings. The summed E-state index contributed by atoms with van der Waals surface area (Å²) in [7, 11) is 0. The second-order valence-electron chi connectivity index (χ2n) is 3.54. The van der Waals surface area contributed by atoms with Gasteiger partial charge in [0.1, 0.15) is 11.8 Å². The second kappa shape index (κ2) is 3.79. The minimum atomic E-state index is -0.966. The lowest BCUT2D eigenvalue weighted by Crippen LogP contribution is -2.12. The molecule has 5 nitrogen and oxygen atoms in total. The van der Waals surface area contributed by atoms with Gasteiger partial charge < -0.3 is 14.9 Å². The summed E-state index contributed by atoms with van der Waals surface area (Å²) in [6, 6.07) is 0. The summed E-state index contributed by atoms with van der Waals surface area (Å²) in [5, 5.41) is 15.8. The van der Waals surface area contributed by atoms with Crippen LogP contribution in [0.1, 0.15) is 22.5 Å². The number of carbonyl (C=O) groups is 1. The van der Waals surface area contributed by atoms with E-state index in [2.05, 4.69) is 15.0 Å². The predicted molar refractivity (Wildman–Crippen MR) is 48.1 cm³/mol. The molecular weight excluding hydrogens is 184 g/mol. The molecule has 0 bridgehead atoms. The maximum absolute atomic E-state index is 10.7. The Morgan fingerprint density at radius 1 is 1.79 bits per heavy atom. The van der Waals surface area contributed by atoms with E-state index >= 15 is 0 Å². The summed E-state index contributed by atoms with van der Waals surface area (Å²) in [6.07, 6.45) is 2.96. The van der Waals surface area contributed by atoms with Gasteiger partial charge in [-0.25, -0.2) is 4.79 Å². The van der Waals surface area contributed by atoms with Gasteiger partial charge in [0, 0.05) is 0 Å². The maximum Gasteiger partial charge on any atom is 0.340 e. The SMILES string of the molecule is O=C(O)c1conc1CC1CCNC1. The summed E-state index contributed by atoms with van der Waals surface area (Å²) in [5.74, 6) is -0.481. The van der Waals surface area contributed by atoms with Gasteiger partial charge in [-0.2, -0.15) is 0 Å². The Hall–Kier alpha value is -1.36. The van der Waals surface area contributed by atoms with Crippen molar-refractivity contribution in [3.8, 4) is 0 Å². The van der Waals surface area contributed by atoms with Crippen LogP contribution in [-0.2, 0) is 6.42 Å². The van der Waals surface area contributed by atoms with E-state index in [4.69, 9.17) is 5.11 Å². The largest absolute Gasteiger partial charge is 0.478 e. The lowest BCUT2D eigenvalue weighted by atomic mass is 10.0. The Bertz CT molecular complexity index is 329. The molecule has 1 saturated heterocycles. The minimum Gasteiger partial charge on any atom is -0.478 e. The first-order valence-corrected chi connectivity index (χ1v) is 4.64. The Morgan fingerprint density at radius 2 is 2.64 bits per heavy atom. The summed E-state index contributed by atoms with van der Waals surface area (Å²) in [4.78, 5) is 10.7. The summed E-state index contributed by atoms with van der Waals surface area (Å²) in [5.41, 5.74) is 0.753. The first kappa shape index (κ1) is 9.21. The summed E-state index contributed by atoms with van der Waals surface area (Å²) in [6.45, 7) is 1.94. The number of aromatic nitrogens is 1. The summed E-state index contributed by atoms with van der Waals surface area (Å²) >= 11 is 0. The van der Waals surface area contributed by atoms with Crippen LogP contribution in [0.5, 0.6) is 0 Å². The van der Waals surface area contributed by atoms with Crippen LogP contribution in [-0.4, -0.2) is 29.3 Å². The van der Waals surface area contributed by atoms with Crippen molar-refractivity contribution in [3.05, 3.63) is 17.5 Å². The van der Waals surface area contributed by atoms with Crippen LogP contribution in [0.25, 0.3) is 0 Å². The third-order valence-electron chi connectivity index (χ3n) is 2.52. The van der Waals surface area contributed by atoms with E-state index in [1.54, 1.807) is 0 Å². The number of carboxylic acids is 1. The van der Waals surface area contributed by atoms with Gasteiger partial charge in [0.15, 0.2) is 0 Å². The summed E-state index contributed by atoms with van der Waals surface area (Å²) < 4.78 is 4.67. The van der Waals surface area contributed by atoms with E-state index < -0.39 is 5.97 Å². The van der Waals surface area contributed by atoms with Gasteiger partial charge in [0.2, 0.25) is 0 Å². The molecule has 0 amide bonds. The average Bonchev–Trinajstić information content (AvgIpc) is 2.75. The van der Waals surface area contributed by atoms with Crippen molar-refractivity contribution in [2.75, 3.05) is 13.1 Å². The molecule has 1 atom stereocenters. The van der Waals surface area contributed by atoms with Crippen LogP contribution in [0.2, 0.25) is 0 Å². The van der Waals surface area contributed by atoms with E-state index in [-0.39, 0.29) is 5.56 Å². The molecule has 0 aliphatic carbocycles. The number of nitrogens with zero attached hydrogens (tertiary/aromatic N) is 1. The Kier molecular flexibility index (Phi) is 2.49. The van der Waals surface area contributed by atoms with Crippen molar-refractivity contribution in [2.45, 2.75) is 12.8 Å². The van der Waals surface area contributed by atoms with E-state index in [1.165, 1.54) is 6.26 Å². The van der Waals surface area contributed by atoms with E-state index in [0.717, 1.165) is 19.5 Å². The number of rotatable bonds is 3. The van der Waals surface area contributed by atoms with Crippen molar-refractivity contribution in [2.24, 2.45) is 5.92 Å². The van der Waals surface area contributed by atoms with Gasteiger partial charge in [-0.3, -0.25) is 0 Å². The van der Waals surface area contributed by atoms with Crippen molar-refractivity contribution in [1.82, 2.24) is 10.5 Å². The molecule has 14 heavy (non-hydrogen) atoms. The molecule has 1 aliphatic heterocycles. The highest BCUT2D eigenvalue weighted by Crippen LogP contribution is 2.17. The highest BCUT2D eigenvalue weighted by Gasteiger charge is 2.21. The topological polar surface area (TPSA) is 75.4 Å². The highest BCUT2D eigenvalue weighted by molar-refractivity contribution is 5.88. The van der Waals surface area contributed by atoms with Crippen molar-refractivity contribution >= 4 is 5.97 Å². The first-order valence-electron chi connectivity index (χ1n) is 4.64. The fourth-order valence-electron chi connectivity index (χ4n) is 1.74. The molecule has 0 saturated carbocycles. The van der Waals surface area contributed by atoms with E-state index in [0.29, 0.717) is 18.0 Å². The quantitative estimate of drug-likeness (QED) is 0.737. The molecule has 0 spiro atoms. The molecule has 2 rings (SSSR count). The predicted octanol–water partition coefficient (Wildman–Crippen LogP) is 0.525. The Labute approximate surface area is 81.1 Å². The zero-order valence-electron chi connectivity index (χ0n) is 7.69. The van der Waals surface area contributed by atoms with Gasteiger partial charge in [-0.1, -0.05) is 5.16 Å². The third kappa shape index (κ3) is 1.77. The molecule has 2 heterocycles. The lowest BCUT2D eigenvalue weighted by molar-refractivity contribution is 0.0695. The zero-order valence-corrected chi connectivity index (χ0v) is 7.69. The van der Waals surface area contributed by atoms with Gasteiger partial charge in [-0.05, 0) is 31.8 Å². The molecule has 0 radical (unpaired) electrons. The first-order chi connectivity index (χ1) is 6.77. The van der Waals surface area contributed by atoms with Crippen LogP contribution < -0.4 is 5.32 Å². The zero-order chi connectivity index (χ0) is 9.97. The number of carboxylic acid groups (broad SMARTS) is 1. The van der Waals surface area contributed by atoms with Crippen LogP contribution >= 0.6 is 0 Å². The monoisotopic (exact) mass is 196 g/mol. The van der Waals surface area contributed by atoms with Gasteiger partial charge in [0.05, 0.1) is 5.69 Å². The molecule has 5 heteroatoms. The number of nitrogens with one attached hydrogen (secondary N) is 1.